The number of aliphatic carboxylic acids is 1. The van der Waals surface area contributed by atoms with E-state index in [4.69, 9.17) is 14.6 Å². The number of hydrogen-bond acceptors (Lipinski definition) is 5. The molecule has 7 nitrogen and oxygen atoms in total. The van der Waals surface area contributed by atoms with Crippen LogP contribution >= 0.6 is 0 Å². The van der Waals surface area contributed by atoms with Crippen LogP contribution in [0.2, 0.25) is 0 Å². The number of carboxylic acid groups (broad SMARTS) is 2. The third-order valence-corrected chi connectivity index (χ3v) is 7.54. The van der Waals surface area contributed by atoms with Crippen LogP contribution < -0.4 is 0 Å². The van der Waals surface area contributed by atoms with Crippen LogP contribution in [0, 0.1) is 0 Å². The number of hydrogen-bond donors (Lipinski definition) is 2. The standard InChI is InChI=1S/C31H39NO6/c33-29(34)11-4-3-7-20-37-30-27(32-18-5-1-2-6-19-32)16-17-28(30)38-22-23-12-14-24(15-13-23)25-9-8-10-26(21-25)31(35)36/h3,7-10,12-15,21,27-28,30H,1-2,4-6,11,16-20,22H2,(H,33,34)(H,35,36)/b7-3-/t27-,28+,30+/m1/s1. The SMILES string of the molecule is O=C(O)CC/C=C\CO[C@@H]1[C@@H](OCc2ccc(-c3cccc(C(=O)O)c3)cc2)CC[C@H]1N1CCCCCC1. The molecule has 1 aliphatic heterocycles. The fourth-order valence-electron chi connectivity index (χ4n) is 5.51. The molecule has 204 valence electrons. The van der Waals surface area contributed by atoms with Gasteiger partial charge in [0, 0.05) is 12.5 Å². The summed E-state index contributed by atoms with van der Waals surface area (Å²) in [5.74, 6) is -1.72. The molecule has 38 heavy (non-hydrogen) atoms. The molecule has 2 aliphatic rings. The van der Waals surface area contributed by atoms with E-state index in [0.717, 1.165) is 42.6 Å². The van der Waals surface area contributed by atoms with Gasteiger partial charge in [-0.3, -0.25) is 9.69 Å². The van der Waals surface area contributed by atoms with Crippen molar-refractivity contribution in [3.8, 4) is 11.1 Å². The number of ether oxygens (including phenoxy) is 2. The van der Waals surface area contributed by atoms with Crippen LogP contribution in [0.5, 0.6) is 0 Å². The summed E-state index contributed by atoms with van der Waals surface area (Å²) in [7, 11) is 0. The first-order valence-corrected chi connectivity index (χ1v) is 13.8. The van der Waals surface area contributed by atoms with Gasteiger partial charge < -0.3 is 19.7 Å². The van der Waals surface area contributed by atoms with Crippen molar-refractivity contribution in [2.24, 2.45) is 0 Å². The minimum atomic E-state index is -0.931. The van der Waals surface area contributed by atoms with Gasteiger partial charge in [-0.25, -0.2) is 4.79 Å². The average Bonchev–Trinajstić information content (AvgIpc) is 3.12. The molecular weight excluding hydrogens is 482 g/mol. The molecule has 0 amide bonds. The van der Waals surface area contributed by atoms with Crippen molar-refractivity contribution in [1.29, 1.82) is 0 Å². The minimum absolute atomic E-state index is 0.00240. The number of carbonyl (C=O) groups is 2. The highest BCUT2D eigenvalue weighted by molar-refractivity contribution is 5.89. The molecule has 3 atom stereocenters. The zero-order chi connectivity index (χ0) is 26.7. The van der Waals surface area contributed by atoms with E-state index in [1.54, 1.807) is 18.2 Å². The van der Waals surface area contributed by atoms with Gasteiger partial charge in [0.05, 0.1) is 31.0 Å². The molecule has 1 saturated heterocycles. The zero-order valence-electron chi connectivity index (χ0n) is 22.0. The van der Waals surface area contributed by atoms with E-state index in [9.17, 15) is 14.7 Å². The Morgan fingerprint density at radius 2 is 1.66 bits per heavy atom. The maximum Gasteiger partial charge on any atom is 0.335 e. The van der Waals surface area contributed by atoms with Crippen molar-refractivity contribution in [3.63, 3.8) is 0 Å². The van der Waals surface area contributed by atoms with Gasteiger partial charge in [-0.2, -0.15) is 0 Å². The van der Waals surface area contributed by atoms with E-state index >= 15 is 0 Å². The number of aromatic carboxylic acids is 1. The molecule has 2 aromatic rings. The summed E-state index contributed by atoms with van der Waals surface area (Å²) in [5.41, 5.74) is 3.18. The van der Waals surface area contributed by atoms with Crippen LogP contribution in [0.1, 0.15) is 67.3 Å². The number of nitrogens with zero attached hydrogens (tertiary/aromatic N) is 1. The highest BCUT2D eigenvalue weighted by Gasteiger charge is 2.40. The predicted molar refractivity (Wildman–Crippen MR) is 146 cm³/mol. The Morgan fingerprint density at radius 3 is 2.37 bits per heavy atom. The molecule has 0 radical (unpaired) electrons. The molecule has 0 aromatic heterocycles. The largest absolute Gasteiger partial charge is 0.481 e. The molecule has 0 unspecified atom stereocenters. The molecule has 2 fully saturated rings. The second-order valence-corrected chi connectivity index (χ2v) is 10.2. The van der Waals surface area contributed by atoms with Gasteiger partial charge in [0.25, 0.3) is 0 Å². The molecule has 2 N–H and O–H groups in total. The Hall–Kier alpha value is -3.00. The number of carboxylic acids is 2. The van der Waals surface area contributed by atoms with Crippen LogP contribution in [-0.2, 0) is 20.9 Å². The lowest BCUT2D eigenvalue weighted by atomic mass is 10.0. The second kappa shape index (κ2) is 14.2. The van der Waals surface area contributed by atoms with Crippen LogP contribution in [0.15, 0.2) is 60.7 Å². The first-order chi connectivity index (χ1) is 18.5. The predicted octanol–water partition coefficient (Wildman–Crippen LogP) is 5.78. The molecule has 7 heteroatoms. The molecule has 0 bridgehead atoms. The topological polar surface area (TPSA) is 96.3 Å². The number of rotatable bonds is 12. The first-order valence-electron chi connectivity index (χ1n) is 13.8. The van der Waals surface area contributed by atoms with Crippen molar-refractivity contribution in [3.05, 3.63) is 71.8 Å². The molecule has 0 spiro atoms. The lowest BCUT2D eigenvalue weighted by molar-refractivity contribution is -0.136. The second-order valence-electron chi connectivity index (χ2n) is 10.2. The van der Waals surface area contributed by atoms with Crippen LogP contribution in [0.4, 0.5) is 0 Å². The zero-order valence-corrected chi connectivity index (χ0v) is 22.0. The van der Waals surface area contributed by atoms with E-state index in [1.807, 2.05) is 42.5 Å². The van der Waals surface area contributed by atoms with E-state index in [2.05, 4.69) is 4.90 Å². The van der Waals surface area contributed by atoms with Crippen LogP contribution in [0.25, 0.3) is 11.1 Å². The Morgan fingerprint density at radius 1 is 0.895 bits per heavy atom. The van der Waals surface area contributed by atoms with E-state index in [-0.39, 0.29) is 24.2 Å². The lowest BCUT2D eigenvalue weighted by Gasteiger charge is -2.33. The summed E-state index contributed by atoms with van der Waals surface area (Å²) in [4.78, 5) is 24.6. The summed E-state index contributed by atoms with van der Waals surface area (Å²) in [6.45, 7) is 3.16. The van der Waals surface area contributed by atoms with E-state index in [0.29, 0.717) is 25.7 Å². The van der Waals surface area contributed by atoms with Crippen LogP contribution in [0.3, 0.4) is 0 Å². The summed E-state index contributed by atoms with van der Waals surface area (Å²) in [6, 6.07) is 15.4. The fourth-order valence-corrected chi connectivity index (χ4v) is 5.51. The monoisotopic (exact) mass is 521 g/mol. The van der Waals surface area contributed by atoms with E-state index < -0.39 is 11.9 Å². The molecular formula is C31H39NO6. The van der Waals surface area contributed by atoms with Crippen molar-refractivity contribution in [2.75, 3.05) is 19.7 Å². The maximum atomic E-state index is 11.3. The van der Waals surface area contributed by atoms with Gasteiger partial charge in [0.2, 0.25) is 0 Å². The molecule has 1 heterocycles. The van der Waals surface area contributed by atoms with Crippen LogP contribution in [-0.4, -0.2) is 65.0 Å². The average molecular weight is 522 g/mol. The van der Waals surface area contributed by atoms with Gasteiger partial charge in [-0.05, 0) is 74.0 Å². The van der Waals surface area contributed by atoms with Gasteiger partial charge in [-0.15, -0.1) is 0 Å². The van der Waals surface area contributed by atoms with Crippen molar-refractivity contribution in [1.82, 2.24) is 4.90 Å². The van der Waals surface area contributed by atoms with Gasteiger partial charge in [0.15, 0.2) is 0 Å². The number of benzene rings is 2. The van der Waals surface area contributed by atoms with Crippen molar-refractivity contribution < 1.29 is 29.3 Å². The molecule has 1 saturated carbocycles. The molecule has 2 aromatic carbocycles. The summed E-state index contributed by atoms with van der Waals surface area (Å²) in [6.07, 6.45) is 11.5. The third-order valence-electron chi connectivity index (χ3n) is 7.54. The first kappa shape index (κ1) is 28.0. The quantitative estimate of drug-likeness (QED) is 0.342. The Balaban J connectivity index is 1.37. The Labute approximate surface area is 225 Å². The Kier molecular flexibility index (Phi) is 10.5. The summed E-state index contributed by atoms with van der Waals surface area (Å²) < 4.78 is 12.8. The Bertz CT molecular complexity index is 1070. The lowest BCUT2D eigenvalue weighted by Crippen LogP contribution is -2.45. The number of allylic oxidation sites excluding steroid dienone is 1. The van der Waals surface area contributed by atoms with Gasteiger partial charge in [0.1, 0.15) is 0 Å². The third kappa shape index (κ3) is 8.00. The summed E-state index contributed by atoms with van der Waals surface area (Å²) >= 11 is 0. The molecule has 1 aliphatic carbocycles. The van der Waals surface area contributed by atoms with Gasteiger partial charge >= 0.3 is 11.9 Å². The highest BCUT2D eigenvalue weighted by Crippen LogP contribution is 2.32. The molecule has 4 rings (SSSR count). The normalized spacial score (nSPS) is 22.5. The van der Waals surface area contributed by atoms with Crippen molar-refractivity contribution >= 4 is 11.9 Å². The smallest absolute Gasteiger partial charge is 0.335 e. The van der Waals surface area contributed by atoms with E-state index in [1.165, 1.54) is 25.7 Å². The highest BCUT2D eigenvalue weighted by atomic mass is 16.5. The maximum absolute atomic E-state index is 11.3. The summed E-state index contributed by atoms with van der Waals surface area (Å²) in [5, 5.41) is 18.1. The fraction of sp³-hybridized carbons (Fsp3) is 0.484. The van der Waals surface area contributed by atoms with Gasteiger partial charge in [-0.1, -0.05) is 61.4 Å². The minimum Gasteiger partial charge on any atom is -0.481 e. The van der Waals surface area contributed by atoms with Crippen molar-refractivity contribution in [2.45, 2.75) is 76.2 Å². The number of likely N-dealkylation sites (tertiary alicyclic amines) is 1.